The Morgan fingerprint density at radius 3 is 2.50 bits per heavy atom. The average molecular weight is 351 g/mol. The molecule has 0 bridgehead atoms. The molecule has 2 aromatic rings. The number of carbonyl (C=O) groups excluding carboxylic acids is 1. The summed E-state index contributed by atoms with van der Waals surface area (Å²) >= 11 is 0. The number of rotatable bonds is 2. The van der Waals surface area contributed by atoms with Gasteiger partial charge in [-0.3, -0.25) is 4.79 Å². The molecular formula is C22H29N3O. The van der Waals surface area contributed by atoms with Crippen LogP contribution in [0.3, 0.4) is 0 Å². The van der Waals surface area contributed by atoms with Crippen LogP contribution in [-0.4, -0.2) is 33.4 Å². The standard InChI is InChI=1S/C22H29N3O/c1-16-7-9-18(10-8-16)21-23-20(19-6-4-3-5-13-25(19)21)22(26)24-14-11-17(2)12-15-24/h7-10,17H,3-6,11-15H2,1-2H3. The normalized spacial score (nSPS) is 18.5. The van der Waals surface area contributed by atoms with E-state index in [0.717, 1.165) is 74.7 Å². The van der Waals surface area contributed by atoms with Crippen LogP contribution >= 0.6 is 0 Å². The lowest BCUT2D eigenvalue weighted by atomic mass is 9.99. The highest BCUT2D eigenvalue weighted by Crippen LogP contribution is 2.29. The lowest BCUT2D eigenvalue weighted by Gasteiger charge is -2.30. The molecule has 0 radical (unpaired) electrons. The number of nitrogens with zero attached hydrogens (tertiary/aromatic N) is 3. The molecule has 0 atom stereocenters. The van der Waals surface area contributed by atoms with E-state index in [9.17, 15) is 4.79 Å². The van der Waals surface area contributed by atoms with Crippen LogP contribution in [-0.2, 0) is 13.0 Å². The van der Waals surface area contributed by atoms with Gasteiger partial charge in [-0.2, -0.15) is 0 Å². The highest BCUT2D eigenvalue weighted by molar-refractivity contribution is 5.94. The Bertz CT molecular complexity index is 782. The zero-order valence-corrected chi connectivity index (χ0v) is 16.0. The predicted octanol–water partition coefficient (Wildman–Crippen LogP) is 4.46. The molecule has 0 N–H and O–H groups in total. The maximum atomic E-state index is 13.2. The Kier molecular flexibility index (Phi) is 4.84. The van der Waals surface area contributed by atoms with Crippen LogP contribution in [0, 0.1) is 12.8 Å². The molecule has 0 unspecified atom stereocenters. The molecule has 0 aliphatic carbocycles. The van der Waals surface area contributed by atoms with Gasteiger partial charge in [0.2, 0.25) is 0 Å². The van der Waals surface area contributed by atoms with Crippen molar-refractivity contribution in [1.29, 1.82) is 0 Å². The van der Waals surface area contributed by atoms with Crippen LogP contribution < -0.4 is 0 Å². The second-order valence-corrected chi connectivity index (χ2v) is 8.03. The number of aromatic nitrogens is 2. The monoisotopic (exact) mass is 351 g/mol. The highest BCUT2D eigenvalue weighted by atomic mass is 16.2. The van der Waals surface area contributed by atoms with Crippen LogP contribution in [0.15, 0.2) is 24.3 Å². The topological polar surface area (TPSA) is 38.1 Å². The van der Waals surface area contributed by atoms with E-state index in [4.69, 9.17) is 4.98 Å². The molecule has 0 saturated carbocycles. The van der Waals surface area contributed by atoms with E-state index in [-0.39, 0.29) is 5.91 Å². The van der Waals surface area contributed by atoms with E-state index >= 15 is 0 Å². The summed E-state index contributed by atoms with van der Waals surface area (Å²) in [6.45, 7) is 7.08. The first kappa shape index (κ1) is 17.3. The molecular weight excluding hydrogens is 322 g/mol. The van der Waals surface area contributed by atoms with Crippen molar-refractivity contribution in [2.24, 2.45) is 5.92 Å². The molecule has 2 aliphatic rings. The van der Waals surface area contributed by atoms with Crippen LogP contribution in [0.4, 0.5) is 0 Å². The molecule has 1 amide bonds. The molecule has 4 nitrogen and oxygen atoms in total. The molecule has 138 valence electrons. The Balaban J connectivity index is 1.72. The van der Waals surface area contributed by atoms with Gasteiger partial charge in [-0.15, -0.1) is 0 Å². The van der Waals surface area contributed by atoms with Gasteiger partial charge in [-0.1, -0.05) is 43.2 Å². The fraction of sp³-hybridized carbons (Fsp3) is 0.545. The molecule has 1 aromatic carbocycles. The molecule has 1 aromatic heterocycles. The second-order valence-electron chi connectivity index (χ2n) is 8.03. The van der Waals surface area contributed by atoms with Crippen molar-refractivity contribution in [2.75, 3.05) is 13.1 Å². The van der Waals surface area contributed by atoms with E-state index in [0.29, 0.717) is 5.69 Å². The van der Waals surface area contributed by atoms with Crippen molar-refractivity contribution in [3.63, 3.8) is 0 Å². The van der Waals surface area contributed by atoms with Crippen molar-refractivity contribution in [2.45, 2.75) is 58.9 Å². The first-order valence-corrected chi connectivity index (χ1v) is 10.1. The smallest absolute Gasteiger partial charge is 0.274 e. The molecule has 0 spiro atoms. The van der Waals surface area contributed by atoms with Gasteiger partial charge in [0, 0.05) is 25.2 Å². The summed E-state index contributed by atoms with van der Waals surface area (Å²) in [5, 5.41) is 0. The van der Waals surface area contributed by atoms with Crippen LogP contribution in [0.2, 0.25) is 0 Å². The van der Waals surface area contributed by atoms with Crippen LogP contribution in [0.5, 0.6) is 0 Å². The van der Waals surface area contributed by atoms with Gasteiger partial charge in [-0.25, -0.2) is 4.98 Å². The minimum absolute atomic E-state index is 0.140. The zero-order chi connectivity index (χ0) is 18.1. The summed E-state index contributed by atoms with van der Waals surface area (Å²) in [4.78, 5) is 20.2. The Morgan fingerprint density at radius 1 is 1.04 bits per heavy atom. The van der Waals surface area contributed by atoms with Gasteiger partial charge in [0.15, 0.2) is 0 Å². The number of fused-ring (bicyclic) bond motifs is 1. The number of piperidine rings is 1. The fourth-order valence-corrected chi connectivity index (χ4v) is 4.18. The Hall–Kier alpha value is -2.10. The molecule has 1 saturated heterocycles. The number of aryl methyl sites for hydroxylation is 1. The fourth-order valence-electron chi connectivity index (χ4n) is 4.18. The molecule has 26 heavy (non-hydrogen) atoms. The van der Waals surface area contributed by atoms with Gasteiger partial charge in [-0.05, 0) is 44.9 Å². The number of carbonyl (C=O) groups is 1. The summed E-state index contributed by atoms with van der Waals surface area (Å²) in [6.07, 6.45) is 6.71. The van der Waals surface area contributed by atoms with E-state index in [1.54, 1.807) is 0 Å². The number of imidazole rings is 1. The van der Waals surface area contributed by atoms with E-state index < -0.39 is 0 Å². The number of benzene rings is 1. The lowest BCUT2D eigenvalue weighted by molar-refractivity contribution is 0.0690. The molecule has 3 heterocycles. The highest BCUT2D eigenvalue weighted by Gasteiger charge is 2.29. The molecule has 1 fully saturated rings. The minimum atomic E-state index is 0.140. The molecule has 2 aliphatic heterocycles. The SMILES string of the molecule is Cc1ccc(-c2nc(C(=O)N3CCC(C)CC3)c3n2CCCCC3)cc1. The third-order valence-corrected chi connectivity index (χ3v) is 5.95. The predicted molar refractivity (Wildman–Crippen MR) is 104 cm³/mol. The van der Waals surface area contributed by atoms with Gasteiger partial charge >= 0.3 is 0 Å². The number of amides is 1. The van der Waals surface area contributed by atoms with Gasteiger partial charge in [0.1, 0.15) is 11.5 Å². The third-order valence-electron chi connectivity index (χ3n) is 5.95. The second kappa shape index (κ2) is 7.26. The summed E-state index contributed by atoms with van der Waals surface area (Å²) in [7, 11) is 0. The summed E-state index contributed by atoms with van der Waals surface area (Å²) in [5.41, 5.74) is 4.22. The number of likely N-dealkylation sites (tertiary alicyclic amines) is 1. The van der Waals surface area contributed by atoms with Crippen molar-refractivity contribution in [3.05, 3.63) is 41.2 Å². The average Bonchev–Trinajstić information content (AvgIpc) is 2.84. The van der Waals surface area contributed by atoms with Crippen LogP contribution in [0.25, 0.3) is 11.4 Å². The van der Waals surface area contributed by atoms with Crippen molar-refractivity contribution in [1.82, 2.24) is 14.5 Å². The summed E-state index contributed by atoms with van der Waals surface area (Å²) < 4.78 is 2.32. The van der Waals surface area contributed by atoms with E-state index in [2.05, 4.69) is 42.7 Å². The van der Waals surface area contributed by atoms with Crippen molar-refractivity contribution in [3.8, 4) is 11.4 Å². The first-order chi connectivity index (χ1) is 12.6. The maximum Gasteiger partial charge on any atom is 0.274 e. The summed E-state index contributed by atoms with van der Waals surface area (Å²) in [6, 6.07) is 8.52. The van der Waals surface area contributed by atoms with Crippen molar-refractivity contribution >= 4 is 5.91 Å². The lowest BCUT2D eigenvalue weighted by Crippen LogP contribution is -2.38. The largest absolute Gasteiger partial charge is 0.337 e. The minimum Gasteiger partial charge on any atom is -0.337 e. The summed E-state index contributed by atoms with van der Waals surface area (Å²) in [5.74, 6) is 1.83. The van der Waals surface area contributed by atoms with Crippen LogP contribution in [0.1, 0.15) is 60.8 Å². The first-order valence-electron chi connectivity index (χ1n) is 10.1. The number of hydrogen-bond acceptors (Lipinski definition) is 2. The van der Waals surface area contributed by atoms with E-state index in [1.807, 2.05) is 4.90 Å². The Morgan fingerprint density at radius 2 is 1.77 bits per heavy atom. The number of hydrogen-bond donors (Lipinski definition) is 0. The zero-order valence-electron chi connectivity index (χ0n) is 16.0. The quantitative estimate of drug-likeness (QED) is 0.801. The van der Waals surface area contributed by atoms with Crippen molar-refractivity contribution < 1.29 is 4.79 Å². The molecule has 4 rings (SSSR count). The molecule has 4 heteroatoms. The van der Waals surface area contributed by atoms with Gasteiger partial charge in [0.05, 0.1) is 5.69 Å². The van der Waals surface area contributed by atoms with Gasteiger partial charge in [0.25, 0.3) is 5.91 Å². The third kappa shape index (κ3) is 3.29. The Labute approximate surface area is 156 Å². The van der Waals surface area contributed by atoms with E-state index in [1.165, 1.54) is 12.0 Å². The maximum absolute atomic E-state index is 13.2. The van der Waals surface area contributed by atoms with Gasteiger partial charge < -0.3 is 9.47 Å².